The van der Waals surface area contributed by atoms with Crippen molar-refractivity contribution < 1.29 is 18.0 Å². The highest BCUT2D eigenvalue weighted by atomic mass is 19.4. The van der Waals surface area contributed by atoms with Gasteiger partial charge in [0, 0.05) is 17.2 Å². The number of hydrogen-bond donors (Lipinski definition) is 2. The summed E-state index contributed by atoms with van der Waals surface area (Å²) in [6.07, 6.45) is 0.202. The summed E-state index contributed by atoms with van der Waals surface area (Å²) in [5.74, 6) is 0.0137. The molecule has 5 rings (SSSR count). The number of para-hydroxylation sites is 1. The number of rotatable bonds is 5. The van der Waals surface area contributed by atoms with Crippen molar-refractivity contribution in [3.05, 3.63) is 65.6 Å². The van der Waals surface area contributed by atoms with Gasteiger partial charge in [-0.15, -0.1) is 0 Å². The average Bonchev–Trinajstić information content (AvgIpc) is 3.51. The lowest BCUT2D eigenvalue weighted by Gasteiger charge is -2.27. The van der Waals surface area contributed by atoms with Crippen molar-refractivity contribution in [2.24, 2.45) is 5.10 Å². The molecule has 0 bridgehead atoms. The lowest BCUT2D eigenvalue weighted by molar-refractivity contribution is -0.141. The fourth-order valence-corrected chi connectivity index (χ4v) is 3.50. The second-order valence-electron chi connectivity index (χ2n) is 7.59. The Balaban J connectivity index is 1.29. The summed E-state index contributed by atoms with van der Waals surface area (Å²) < 4.78 is 40.6. The Morgan fingerprint density at radius 3 is 2.72 bits per heavy atom. The molecule has 2 aliphatic rings. The van der Waals surface area contributed by atoms with E-state index in [-0.39, 0.29) is 24.2 Å². The molecule has 1 saturated carbocycles. The SMILES string of the molecule is O=C(CN1NN=Cc2ccccc21)Nc1ccc(-n2nc(C(F)(F)F)cc2C2CC2)nc1. The topological polar surface area (TPSA) is 87.4 Å². The number of carbonyl (C=O) groups excluding carboxylic acids is 1. The van der Waals surface area contributed by atoms with Gasteiger partial charge in [0.1, 0.15) is 6.54 Å². The number of halogens is 3. The number of pyridine rings is 1. The first-order chi connectivity index (χ1) is 15.4. The molecule has 1 aliphatic heterocycles. The van der Waals surface area contributed by atoms with Gasteiger partial charge in [0.05, 0.1) is 23.8 Å². The Labute approximate surface area is 180 Å². The number of carbonyl (C=O) groups is 1. The maximum Gasteiger partial charge on any atom is 0.435 e. The van der Waals surface area contributed by atoms with E-state index in [1.54, 1.807) is 17.3 Å². The molecule has 0 unspecified atom stereocenters. The van der Waals surface area contributed by atoms with Gasteiger partial charge in [-0.25, -0.2) is 15.2 Å². The Kier molecular flexibility index (Phi) is 4.80. The molecule has 0 atom stereocenters. The summed E-state index contributed by atoms with van der Waals surface area (Å²) in [5.41, 5.74) is 4.47. The fraction of sp³-hybridized carbons (Fsp3) is 0.238. The van der Waals surface area contributed by atoms with Crippen LogP contribution >= 0.6 is 0 Å². The van der Waals surface area contributed by atoms with Gasteiger partial charge in [0.15, 0.2) is 11.5 Å². The largest absolute Gasteiger partial charge is 0.435 e. The highest BCUT2D eigenvalue weighted by Crippen LogP contribution is 2.42. The molecule has 1 aromatic carbocycles. The molecule has 2 N–H and O–H groups in total. The van der Waals surface area contributed by atoms with E-state index in [0.29, 0.717) is 11.4 Å². The van der Waals surface area contributed by atoms with E-state index >= 15 is 0 Å². The van der Waals surface area contributed by atoms with Crippen LogP contribution in [0.5, 0.6) is 0 Å². The van der Waals surface area contributed by atoms with Crippen molar-refractivity contribution in [3.63, 3.8) is 0 Å². The summed E-state index contributed by atoms with van der Waals surface area (Å²) in [6.45, 7) is -0.00394. The van der Waals surface area contributed by atoms with Crippen LogP contribution in [0.25, 0.3) is 5.82 Å². The minimum absolute atomic E-state index is 0.00394. The predicted molar refractivity (Wildman–Crippen MR) is 111 cm³/mol. The van der Waals surface area contributed by atoms with E-state index < -0.39 is 11.9 Å². The number of alkyl halides is 3. The molecule has 32 heavy (non-hydrogen) atoms. The van der Waals surface area contributed by atoms with Crippen molar-refractivity contribution in [1.82, 2.24) is 20.3 Å². The van der Waals surface area contributed by atoms with Crippen LogP contribution in [-0.2, 0) is 11.0 Å². The van der Waals surface area contributed by atoms with Crippen molar-refractivity contribution in [3.8, 4) is 5.82 Å². The zero-order valence-corrected chi connectivity index (χ0v) is 16.7. The molecule has 1 aliphatic carbocycles. The molecule has 164 valence electrons. The quantitative estimate of drug-likeness (QED) is 0.633. The van der Waals surface area contributed by atoms with Crippen LogP contribution in [-0.4, -0.2) is 33.4 Å². The van der Waals surface area contributed by atoms with Crippen molar-refractivity contribution in [2.45, 2.75) is 24.9 Å². The third-order valence-corrected chi connectivity index (χ3v) is 5.18. The Morgan fingerprint density at radius 2 is 2.00 bits per heavy atom. The zero-order chi connectivity index (χ0) is 22.3. The average molecular weight is 441 g/mol. The summed E-state index contributed by atoms with van der Waals surface area (Å²) in [5, 5.41) is 12.1. The van der Waals surface area contributed by atoms with Gasteiger partial charge < -0.3 is 5.32 Å². The molecule has 1 fully saturated rings. The third kappa shape index (κ3) is 4.01. The molecule has 1 amide bonds. The van der Waals surface area contributed by atoms with Gasteiger partial charge in [-0.3, -0.25) is 9.80 Å². The van der Waals surface area contributed by atoms with E-state index in [1.807, 2.05) is 24.3 Å². The molecule has 3 heterocycles. The van der Waals surface area contributed by atoms with Crippen molar-refractivity contribution in [1.29, 1.82) is 0 Å². The summed E-state index contributed by atoms with van der Waals surface area (Å²) in [6, 6.07) is 11.7. The van der Waals surface area contributed by atoms with E-state index in [0.717, 1.165) is 30.2 Å². The van der Waals surface area contributed by atoms with E-state index in [4.69, 9.17) is 0 Å². The molecular weight excluding hydrogens is 423 g/mol. The number of fused-ring (bicyclic) bond motifs is 1. The second kappa shape index (κ2) is 7.66. The minimum Gasteiger partial charge on any atom is -0.323 e. The van der Waals surface area contributed by atoms with Crippen LogP contribution in [0.1, 0.15) is 35.7 Å². The molecular formula is C21H18F3N7O. The molecule has 0 saturated heterocycles. The van der Waals surface area contributed by atoms with Crippen LogP contribution in [0, 0.1) is 0 Å². The number of hydrazine groups is 1. The number of hydrogen-bond acceptors (Lipinski definition) is 6. The normalized spacial score (nSPS) is 15.3. The van der Waals surface area contributed by atoms with Crippen LogP contribution in [0.3, 0.4) is 0 Å². The smallest absolute Gasteiger partial charge is 0.323 e. The van der Waals surface area contributed by atoms with Gasteiger partial charge in [-0.2, -0.15) is 23.4 Å². The Bertz CT molecular complexity index is 1180. The minimum atomic E-state index is -4.52. The summed E-state index contributed by atoms with van der Waals surface area (Å²) >= 11 is 0. The summed E-state index contributed by atoms with van der Waals surface area (Å²) in [4.78, 5) is 16.7. The fourth-order valence-electron chi connectivity index (χ4n) is 3.50. The lowest BCUT2D eigenvalue weighted by Crippen LogP contribution is -2.43. The summed E-state index contributed by atoms with van der Waals surface area (Å²) in [7, 11) is 0. The van der Waals surface area contributed by atoms with Gasteiger partial charge in [0.2, 0.25) is 5.91 Å². The maximum atomic E-state index is 13.1. The van der Waals surface area contributed by atoms with Gasteiger partial charge >= 0.3 is 6.18 Å². The number of benzene rings is 1. The molecule has 11 heteroatoms. The second-order valence-corrected chi connectivity index (χ2v) is 7.59. The standard InChI is InChI=1S/C21H18F3N7O/c22-21(23,24)18-9-17(13-5-6-13)31(28-18)19-8-7-15(11-25-19)27-20(32)12-30-16-4-2-1-3-14(16)10-26-29-30/h1-4,7-11,13,29H,5-6,12H2,(H,27,32). The van der Waals surface area contributed by atoms with Gasteiger partial charge in [0.25, 0.3) is 0 Å². The highest BCUT2D eigenvalue weighted by molar-refractivity contribution is 5.96. The third-order valence-electron chi connectivity index (χ3n) is 5.18. The maximum absolute atomic E-state index is 13.1. The number of hydrazone groups is 1. The number of aromatic nitrogens is 3. The van der Waals surface area contributed by atoms with Crippen LogP contribution < -0.4 is 15.9 Å². The Hall–Kier alpha value is -3.89. The first kappa shape index (κ1) is 20.0. The first-order valence-electron chi connectivity index (χ1n) is 9.97. The molecule has 8 nitrogen and oxygen atoms in total. The monoisotopic (exact) mass is 441 g/mol. The number of nitrogens with one attached hydrogen (secondary N) is 2. The zero-order valence-electron chi connectivity index (χ0n) is 16.7. The number of anilines is 2. The Morgan fingerprint density at radius 1 is 1.19 bits per heavy atom. The van der Waals surface area contributed by atoms with E-state index in [1.165, 1.54) is 16.9 Å². The van der Waals surface area contributed by atoms with Crippen molar-refractivity contribution in [2.75, 3.05) is 16.9 Å². The molecule has 0 spiro atoms. The lowest BCUT2D eigenvalue weighted by atomic mass is 10.2. The molecule has 3 aromatic rings. The van der Waals surface area contributed by atoms with Crippen LogP contribution in [0.15, 0.2) is 53.8 Å². The van der Waals surface area contributed by atoms with Gasteiger partial charge in [-0.05, 0) is 37.1 Å². The van der Waals surface area contributed by atoms with Gasteiger partial charge in [-0.1, -0.05) is 18.2 Å². The number of nitrogens with zero attached hydrogens (tertiary/aromatic N) is 5. The number of amides is 1. The van der Waals surface area contributed by atoms with Crippen LogP contribution in [0.2, 0.25) is 0 Å². The first-order valence-corrected chi connectivity index (χ1v) is 9.97. The highest BCUT2D eigenvalue weighted by Gasteiger charge is 2.38. The molecule has 2 aromatic heterocycles. The van der Waals surface area contributed by atoms with Crippen molar-refractivity contribution >= 4 is 23.5 Å². The van der Waals surface area contributed by atoms with E-state index in [9.17, 15) is 18.0 Å². The van der Waals surface area contributed by atoms with E-state index in [2.05, 4.69) is 26.0 Å². The van der Waals surface area contributed by atoms with Crippen LogP contribution in [0.4, 0.5) is 24.5 Å². The molecule has 0 radical (unpaired) electrons. The predicted octanol–water partition coefficient (Wildman–Crippen LogP) is 3.46.